The molecule has 0 aliphatic rings. The first kappa shape index (κ1) is 29.2. The third kappa shape index (κ3) is 5.58. The molecule has 0 unspecified atom stereocenters. The Morgan fingerprint density at radius 3 is 1.50 bits per heavy atom. The molecule has 0 radical (unpaired) electrons. The average molecular weight is 625 g/mol. The van der Waals surface area contributed by atoms with Gasteiger partial charge in [0.1, 0.15) is 4.90 Å². The van der Waals surface area contributed by atoms with Crippen LogP contribution in [0.2, 0.25) is 0 Å². The fourth-order valence-corrected chi connectivity index (χ4v) is 8.44. The van der Waals surface area contributed by atoms with Gasteiger partial charge in [-0.15, -0.1) is 0 Å². The first-order valence-electron chi connectivity index (χ1n) is 10.9. The Bertz CT molecular complexity index is 2070. The number of benzene rings is 4. The van der Waals surface area contributed by atoms with Crippen LogP contribution in [-0.4, -0.2) is 42.8 Å². The highest BCUT2D eigenvalue weighted by Crippen LogP contribution is 2.36. The van der Waals surface area contributed by atoms with Crippen molar-refractivity contribution in [2.24, 2.45) is 0 Å². The topological polar surface area (TPSA) is 229 Å². The van der Waals surface area contributed by atoms with Crippen molar-refractivity contribution in [3.63, 3.8) is 0 Å². The molecule has 4 aromatic carbocycles. The van der Waals surface area contributed by atoms with E-state index in [1.54, 1.807) is 24.3 Å². The van der Waals surface area contributed by atoms with E-state index in [-0.39, 0.29) is 16.1 Å². The molecular formula is C24H20N2O10S4. The Morgan fingerprint density at radius 1 is 0.450 bits per heavy atom. The molecule has 0 spiro atoms. The second-order valence-electron chi connectivity index (χ2n) is 8.41. The van der Waals surface area contributed by atoms with E-state index in [1.807, 2.05) is 0 Å². The molecule has 210 valence electrons. The molecule has 0 bridgehead atoms. The van der Waals surface area contributed by atoms with Crippen molar-refractivity contribution in [2.45, 2.75) is 29.4 Å². The molecule has 0 fully saturated rings. The van der Waals surface area contributed by atoms with Crippen molar-refractivity contribution < 1.29 is 42.8 Å². The minimum atomic E-state index is -5.31. The molecule has 4 aromatic rings. The molecule has 16 heteroatoms. The highest BCUT2D eigenvalue weighted by Gasteiger charge is 2.31. The zero-order valence-electron chi connectivity index (χ0n) is 20.0. The lowest BCUT2D eigenvalue weighted by atomic mass is 10.1. The monoisotopic (exact) mass is 624 g/mol. The number of sulfone groups is 2. The van der Waals surface area contributed by atoms with Crippen LogP contribution >= 0.6 is 0 Å². The number of hydrogen-bond acceptors (Lipinski definition) is 10. The molecule has 0 amide bonds. The van der Waals surface area contributed by atoms with E-state index < -0.39 is 64.4 Å². The molecule has 0 heterocycles. The summed E-state index contributed by atoms with van der Waals surface area (Å²) in [5, 5.41) is 0. The van der Waals surface area contributed by atoms with Crippen LogP contribution in [0, 0.1) is 0 Å². The SMILES string of the molecule is Nc1ccc(-c2ccc(N)cc2S(=O)(=O)c2ccc(S(=O)(=O)c3ccc(S(=O)(=O)O)cc3)c(S(=O)(=O)O)c2)cc1. The maximum absolute atomic E-state index is 13.7. The highest BCUT2D eigenvalue weighted by molar-refractivity contribution is 7.93. The van der Waals surface area contributed by atoms with Crippen molar-refractivity contribution >= 4 is 51.3 Å². The molecule has 0 saturated carbocycles. The lowest BCUT2D eigenvalue weighted by Crippen LogP contribution is -2.12. The quantitative estimate of drug-likeness (QED) is 0.172. The Morgan fingerprint density at radius 2 is 0.950 bits per heavy atom. The first-order valence-corrected chi connectivity index (χ1v) is 16.7. The molecule has 6 N–H and O–H groups in total. The van der Waals surface area contributed by atoms with E-state index in [1.165, 1.54) is 12.1 Å². The summed E-state index contributed by atoms with van der Waals surface area (Å²) >= 11 is 0. The largest absolute Gasteiger partial charge is 0.399 e. The van der Waals surface area contributed by atoms with E-state index >= 15 is 0 Å². The zero-order chi connectivity index (χ0) is 29.7. The van der Waals surface area contributed by atoms with Gasteiger partial charge in [-0.3, -0.25) is 9.11 Å². The number of anilines is 2. The van der Waals surface area contributed by atoms with Gasteiger partial charge in [0.2, 0.25) is 19.7 Å². The van der Waals surface area contributed by atoms with Crippen molar-refractivity contribution in [1.82, 2.24) is 0 Å². The smallest absolute Gasteiger partial charge is 0.295 e. The van der Waals surface area contributed by atoms with Gasteiger partial charge in [-0.1, -0.05) is 18.2 Å². The van der Waals surface area contributed by atoms with Crippen molar-refractivity contribution in [1.29, 1.82) is 0 Å². The molecule has 0 aliphatic heterocycles. The Hall–Kier alpha value is -3.80. The summed E-state index contributed by atoms with van der Waals surface area (Å²) in [6, 6.07) is 15.4. The summed E-state index contributed by atoms with van der Waals surface area (Å²) in [7, 11) is -19.3. The third-order valence-corrected chi connectivity index (χ3v) is 11.3. The summed E-state index contributed by atoms with van der Waals surface area (Å²) in [5.41, 5.74) is 12.7. The van der Waals surface area contributed by atoms with Crippen LogP contribution in [0.1, 0.15) is 0 Å². The van der Waals surface area contributed by atoms with Crippen LogP contribution in [-0.2, 0) is 39.9 Å². The molecule has 0 atom stereocenters. The van der Waals surface area contributed by atoms with Gasteiger partial charge in [0.15, 0.2) is 0 Å². The van der Waals surface area contributed by atoms with Crippen LogP contribution < -0.4 is 11.5 Å². The van der Waals surface area contributed by atoms with E-state index in [4.69, 9.17) is 16.0 Å². The van der Waals surface area contributed by atoms with E-state index in [9.17, 15) is 38.2 Å². The van der Waals surface area contributed by atoms with Crippen molar-refractivity contribution in [2.75, 3.05) is 11.5 Å². The lowest BCUT2D eigenvalue weighted by molar-refractivity contribution is 0.478. The van der Waals surface area contributed by atoms with E-state index in [0.29, 0.717) is 23.4 Å². The zero-order valence-corrected chi connectivity index (χ0v) is 23.3. The fraction of sp³-hybridized carbons (Fsp3) is 0. The molecule has 0 saturated heterocycles. The van der Waals surface area contributed by atoms with Crippen LogP contribution in [0.25, 0.3) is 11.1 Å². The lowest BCUT2D eigenvalue weighted by Gasteiger charge is -2.14. The standard InChI is InChI=1S/C24H20N2O10S4/c25-16-3-1-15(2-4-16)21-11-5-17(26)13-23(21)38(29,30)20-10-12-22(24(14-20)40(34,35)36)37(27,28)18-6-8-19(9-7-18)39(31,32)33/h1-14H,25-26H2,(H,31,32,33)(H,34,35,36). The van der Waals surface area contributed by atoms with Crippen LogP contribution in [0.5, 0.6) is 0 Å². The number of nitrogens with two attached hydrogens (primary N) is 2. The first-order chi connectivity index (χ1) is 18.4. The fourth-order valence-electron chi connectivity index (χ4n) is 3.79. The highest BCUT2D eigenvalue weighted by atomic mass is 32.2. The molecule has 12 nitrogen and oxygen atoms in total. The Kier molecular flexibility index (Phi) is 7.29. The Labute approximate surface area is 230 Å². The van der Waals surface area contributed by atoms with E-state index in [0.717, 1.165) is 36.4 Å². The van der Waals surface area contributed by atoms with Crippen LogP contribution in [0.4, 0.5) is 11.4 Å². The second kappa shape index (κ2) is 9.99. The predicted molar refractivity (Wildman–Crippen MR) is 144 cm³/mol. The maximum Gasteiger partial charge on any atom is 0.295 e. The Balaban J connectivity index is 1.91. The second-order valence-corrected chi connectivity index (χ2v) is 15.1. The van der Waals surface area contributed by atoms with Gasteiger partial charge in [-0.05, 0) is 72.3 Å². The minimum Gasteiger partial charge on any atom is -0.399 e. The number of nitrogen functional groups attached to an aromatic ring is 2. The molecule has 4 rings (SSSR count). The van der Waals surface area contributed by atoms with Crippen LogP contribution in [0.15, 0.2) is 114 Å². The van der Waals surface area contributed by atoms with Gasteiger partial charge in [-0.2, -0.15) is 16.8 Å². The van der Waals surface area contributed by atoms with Gasteiger partial charge in [0.25, 0.3) is 20.2 Å². The van der Waals surface area contributed by atoms with Gasteiger partial charge in [0, 0.05) is 16.9 Å². The molecule has 0 aromatic heterocycles. The maximum atomic E-state index is 13.7. The van der Waals surface area contributed by atoms with Gasteiger partial charge < -0.3 is 11.5 Å². The molecular weight excluding hydrogens is 605 g/mol. The third-order valence-electron chi connectivity index (χ3n) is 5.74. The molecule has 0 aliphatic carbocycles. The summed E-state index contributed by atoms with van der Waals surface area (Å²) in [5.74, 6) is 0. The number of rotatable bonds is 7. The van der Waals surface area contributed by atoms with Crippen LogP contribution in [0.3, 0.4) is 0 Å². The van der Waals surface area contributed by atoms with Crippen molar-refractivity contribution in [3.8, 4) is 11.1 Å². The summed E-state index contributed by atoms with van der Waals surface area (Å²) < 4.78 is 120. The minimum absolute atomic E-state index is 0.0697. The number of hydrogen-bond donors (Lipinski definition) is 4. The summed E-state index contributed by atoms with van der Waals surface area (Å²) in [6.07, 6.45) is 0. The van der Waals surface area contributed by atoms with E-state index in [2.05, 4.69) is 0 Å². The predicted octanol–water partition coefficient (Wildman–Crippen LogP) is 2.68. The van der Waals surface area contributed by atoms with Gasteiger partial charge in [0.05, 0.1) is 24.5 Å². The average Bonchev–Trinajstić information content (AvgIpc) is 2.88. The summed E-state index contributed by atoms with van der Waals surface area (Å²) in [4.78, 5) is -4.41. The van der Waals surface area contributed by atoms with Gasteiger partial charge >= 0.3 is 0 Å². The molecule has 40 heavy (non-hydrogen) atoms. The van der Waals surface area contributed by atoms with Crippen molar-refractivity contribution in [3.05, 3.63) is 84.9 Å². The van der Waals surface area contributed by atoms with Gasteiger partial charge in [-0.25, -0.2) is 16.8 Å². The summed E-state index contributed by atoms with van der Waals surface area (Å²) in [6.45, 7) is 0. The normalized spacial score (nSPS) is 12.8.